The second kappa shape index (κ2) is 5.93. The first-order chi connectivity index (χ1) is 11.7. The topological polar surface area (TPSA) is 73.4 Å². The third kappa shape index (κ3) is 2.59. The van der Waals surface area contributed by atoms with Gasteiger partial charge in [0, 0.05) is 16.5 Å². The molecule has 4 rings (SSSR count). The van der Waals surface area contributed by atoms with Crippen LogP contribution in [-0.2, 0) is 22.7 Å². The fourth-order valence-electron chi connectivity index (χ4n) is 2.69. The van der Waals surface area contributed by atoms with Gasteiger partial charge in [0.1, 0.15) is 18.2 Å². The maximum Gasteiger partial charge on any atom is 0.359 e. The molecular formula is C17H13FN2O4. The lowest BCUT2D eigenvalue weighted by atomic mass is 10.1. The summed E-state index contributed by atoms with van der Waals surface area (Å²) < 4.78 is 29.5. The minimum atomic E-state index is -0.586. The van der Waals surface area contributed by atoms with Gasteiger partial charge in [0.05, 0.1) is 12.1 Å². The number of hydrogen-bond acceptors (Lipinski definition) is 5. The van der Waals surface area contributed by atoms with Crippen LogP contribution < -0.4 is 4.74 Å². The van der Waals surface area contributed by atoms with Crippen LogP contribution in [0.5, 0.6) is 5.75 Å². The highest BCUT2D eigenvalue weighted by molar-refractivity contribution is 6.01. The summed E-state index contributed by atoms with van der Waals surface area (Å²) in [7, 11) is 0. The van der Waals surface area contributed by atoms with Gasteiger partial charge in [0.2, 0.25) is 0 Å². The molecular weight excluding hydrogens is 315 g/mol. The number of nitrogens with one attached hydrogen (secondary N) is 1. The summed E-state index contributed by atoms with van der Waals surface area (Å²) in [6.07, 6.45) is 0. The maximum absolute atomic E-state index is 13.7. The summed E-state index contributed by atoms with van der Waals surface area (Å²) in [5.41, 5.74) is 1.99. The predicted octanol–water partition coefficient (Wildman–Crippen LogP) is 2.93. The van der Waals surface area contributed by atoms with Crippen molar-refractivity contribution in [3.05, 3.63) is 59.0 Å². The zero-order valence-electron chi connectivity index (χ0n) is 12.5. The second-order valence-corrected chi connectivity index (χ2v) is 5.36. The Bertz CT molecular complexity index is 922. The zero-order valence-corrected chi connectivity index (χ0v) is 12.5. The molecule has 0 radical (unpaired) electrons. The molecule has 0 aliphatic carbocycles. The van der Waals surface area contributed by atoms with Crippen molar-refractivity contribution in [2.75, 3.05) is 6.79 Å². The summed E-state index contributed by atoms with van der Waals surface area (Å²) >= 11 is 0. The monoisotopic (exact) mass is 328 g/mol. The number of aromatic amines is 1. The van der Waals surface area contributed by atoms with Crippen LogP contribution in [0.3, 0.4) is 0 Å². The third-order valence-electron chi connectivity index (χ3n) is 3.77. The van der Waals surface area contributed by atoms with E-state index < -0.39 is 11.8 Å². The van der Waals surface area contributed by atoms with Crippen LogP contribution in [0.1, 0.15) is 21.6 Å². The lowest BCUT2D eigenvalue weighted by Crippen LogP contribution is -2.15. The molecule has 6 nitrogen and oxygen atoms in total. The summed E-state index contributed by atoms with van der Waals surface area (Å²) in [4.78, 5) is 12.3. The highest BCUT2D eigenvalue weighted by atomic mass is 19.1. The number of carbonyl (C=O) groups excluding carboxylic acids is 1. The van der Waals surface area contributed by atoms with E-state index in [-0.39, 0.29) is 25.7 Å². The van der Waals surface area contributed by atoms with Crippen molar-refractivity contribution in [3.8, 4) is 5.75 Å². The molecule has 1 aliphatic rings. The molecule has 0 unspecified atom stereocenters. The number of aromatic nitrogens is 2. The van der Waals surface area contributed by atoms with Crippen LogP contribution in [-0.4, -0.2) is 23.0 Å². The maximum atomic E-state index is 13.7. The smallest absolute Gasteiger partial charge is 0.359 e. The van der Waals surface area contributed by atoms with Gasteiger partial charge in [-0.25, -0.2) is 9.18 Å². The van der Waals surface area contributed by atoms with Gasteiger partial charge in [0.15, 0.2) is 12.5 Å². The van der Waals surface area contributed by atoms with Crippen LogP contribution in [0, 0.1) is 5.82 Å². The zero-order chi connectivity index (χ0) is 16.5. The molecule has 24 heavy (non-hydrogen) atoms. The van der Waals surface area contributed by atoms with Crippen molar-refractivity contribution in [1.29, 1.82) is 0 Å². The molecule has 1 N–H and O–H groups in total. The van der Waals surface area contributed by atoms with Crippen molar-refractivity contribution >= 4 is 16.9 Å². The standard InChI is InChI=1S/C17H13FN2O4/c18-12-5-10-7-22-9-24-16(10)11(6-12)8-23-17(21)15-13-3-1-2-4-14(13)19-20-15/h1-6H,7-9H2,(H,19,20). The molecule has 0 amide bonds. The predicted molar refractivity (Wildman–Crippen MR) is 81.9 cm³/mol. The molecule has 1 aliphatic heterocycles. The molecule has 0 fully saturated rings. The molecule has 0 saturated heterocycles. The van der Waals surface area contributed by atoms with Crippen molar-refractivity contribution in [3.63, 3.8) is 0 Å². The number of para-hydroxylation sites is 1. The van der Waals surface area contributed by atoms with E-state index in [1.165, 1.54) is 12.1 Å². The largest absolute Gasteiger partial charge is 0.467 e. The average Bonchev–Trinajstić information content (AvgIpc) is 3.03. The van der Waals surface area contributed by atoms with Gasteiger partial charge in [0.25, 0.3) is 0 Å². The molecule has 3 aromatic rings. The molecule has 0 spiro atoms. The minimum Gasteiger partial charge on any atom is -0.467 e. The van der Waals surface area contributed by atoms with Crippen molar-refractivity contribution in [2.24, 2.45) is 0 Å². The minimum absolute atomic E-state index is 0.0869. The van der Waals surface area contributed by atoms with E-state index in [9.17, 15) is 9.18 Å². The number of esters is 1. The summed E-state index contributed by atoms with van der Waals surface area (Å²) in [5, 5.41) is 7.44. The number of nitrogens with zero attached hydrogens (tertiary/aromatic N) is 1. The van der Waals surface area contributed by atoms with E-state index in [4.69, 9.17) is 14.2 Å². The van der Waals surface area contributed by atoms with Crippen LogP contribution in [0.15, 0.2) is 36.4 Å². The quantitative estimate of drug-likeness (QED) is 0.748. The number of benzene rings is 2. The van der Waals surface area contributed by atoms with Gasteiger partial charge in [-0.15, -0.1) is 0 Å². The Labute approximate surface area is 136 Å². The Morgan fingerprint density at radius 2 is 2.21 bits per heavy atom. The number of hydrogen-bond donors (Lipinski definition) is 1. The van der Waals surface area contributed by atoms with Gasteiger partial charge >= 0.3 is 5.97 Å². The first-order valence-electron chi connectivity index (χ1n) is 7.34. The number of rotatable bonds is 3. The van der Waals surface area contributed by atoms with Crippen LogP contribution in [0.2, 0.25) is 0 Å². The summed E-state index contributed by atoms with van der Waals surface area (Å²) in [6, 6.07) is 9.89. The number of H-pyrrole nitrogens is 1. The van der Waals surface area contributed by atoms with Gasteiger partial charge in [-0.05, 0) is 18.2 Å². The SMILES string of the molecule is O=C(OCc1cc(F)cc2c1OCOC2)c1n[nH]c2ccccc12. The van der Waals surface area contributed by atoms with E-state index in [0.717, 1.165) is 5.52 Å². The Hall–Kier alpha value is -2.93. The number of fused-ring (bicyclic) bond motifs is 2. The van der Waals surface area contributed by atoms with Crippen molar-refractivity contribution in [2.45, 2.75) is 13.2 Å². The number of ether oxygens (including phenoxy) is 3. The Kier molecular flexibility index (Phi) is 3.62. The summed E-state index contributed by atoms with van der Waals surface area (Å²) in [6.45, 7) is 0.238. The Morgan fingerprint density at radius 1 is 1.33 bits per heavy atom. The van der Waals surface area contributed by atoms with Crippen molar-refractivity contribution in [1.82, 2.24) is 10.2 Å². The van der Waals surface area contributed by atoms with E-state index in [1.54, 1.807) is 6.07 Å². The summed E-state index contributed by atoms with van der Waals surface area (Å²) in [5.74, 6) is -0.515. The molecule has 0 bridgehead atoms. The van der Waals surface area contributed by atoms with Gasteiger partial charge in [-0.1, -0.05) is 18.2 Å². The fourth-order valence-corrected chi connectivity index (χ4v) is 2.69. The van der Waals surface area contributed by atoms with Crippen LogP contribution >= 0.6 is 0 Å². The van der Waals surface area contributed by atoms with Crippen LogP contribution in [0.4, 0.5) is 4.39 Å². The normalized spacial score (nSPS) is 13.4. The third-order valence-corrected chi connectivity index (χ3v) is 3.77. The molecule has 0 atom stereocenters. The molecule has 1 aromatic heterocycles. The highest BCUT2D eigenvalue weighted by Crippen LogP contribution is 2.30. The molecule has 2 aromatic carbocycles. The van der Waals surface area contributed by atoms with E-state index >= 15 is 0 Å². The molecule has 0 saturated carbocycles. The lowest BCUT2D eigenvalue weighted by molar-refractivity contribution is -0.0183. The van der Waals surface area contributed by atoms with Crippen molar-refractivity contribution < 1.29 is 23.4 Å². The molecule has 122 valence electrons. The molecule has 7 heteroatoms. The molecule has 2 heterocycles. The van der Waals surface area contributed by atoms with Gasteiger partial charge < -0.3 is 14.2 Å². The first-order valence-corrected chi connectivity index (χ1v) is 7.34. The lowest BCUT2D eigenvalue weighted by Gasteiger charge is -2.20. The first kappa shape index (κ1) is 14.6. The van der Waals surface area contributed by atoms with E-state index in [2.05, 4.69) is 10.2 Å². The fraction of sp³-hybridized carbons (Fsp3) is 0.176. The van der Waals surface area contributed by atoms with Crippen LogP contribution in [0.25, 0.3) is 10.9 Å². The Morgan fingerprint density at radius 3 is 3.12 bits per heavy atom. The highest BCUT2D eigenvalue weighted by Gasteiger charge is 2.20. The van der Waals surface area contributed by atoms with E-state index in [1.807, 2.05) is 18.2 Å². The average molecular weight is 328 g/mol. The van der Waals surface area contributed by atoms with E-state index in [0.29, 0.717) is 22.3 Å². The number of halogens is 1. The van der Waals surface area contributed by atoms with Gasteiger partial charge in [-0.2, -0.15) is 5.10 Å². The second-order valence-electron chi connectivity index (χ2n) is 5.36. The van der Waals surface area contributed by atoms with Gasteiger partial charge in [-0.3, -0.25) is 5.10 Å². The Balaban J connectivity index is 1.57. The number of carbonyl (C=O) groups is 1.